The number of pyridine rings is 2. The van der Waals surface area contributed by atoms with Crippen LogP contribution in [0.4, 0.5) is 10.2 Å². The van der Waals surface area contributed by atoms with E-state index < -0.39 is 0 Å². The molecule has 1 N–H and O–H groups in total. The zero-order valence-corrected chi connectivity index (χ0v) is 14.5. The third-order valence-corrected chi connectivity index (χ3v) is 5.15. The Balaban J connectivity index is 1.70. The first-order valence-electron chi connectivity index (χ1n) is 8.88. The van der Waals surface area contributed by atoms with E-state index in [0.29, 0.717) is 28.9 Å². The highest BCUT2D eigenvalue weighted by Gasteiger charge is 2.30. The molecule has 1 aliphatic rings. The first-order valence-corrected chi connectivity index (χ1v) is 8.88. The first-order chi connectivity index (χ1) is 12.2. The average molecular weight is 339 g/mol. The molecule has 3 aromatic rings. The Hall–Kier alpha value is -2.50. The number of nitrogens with one attached hydrogen (secondary N) is 1. The molecule has 5 nitrogen and oxygen atoms in total. The second-order valence-corrected chi connectivity index (χ2v) is 6.90. The molecule has 1 aliphatic heterocycles. The molecule has 4 rings (SSSR count). The molecule has 1 saturated heterocycles. The Morgan fingerprint density at radius 3 is 3.00 bits per heavy atom. The zero-order chi connectivity index (χ0) is 17.4. The zero-order valence-electron chi connectivity index (χ0n) is 14.5. The van der Waals surface area contributed by atoms with E-state index >= 15 is 0 Å². The van der Waals surface area contributed by atoms with Crippen molar-refractivity contribution in [1.82, 2.24) is 20.2 Å². The van der Waals surface area contributed by atoms with Crippen molar-refractivity contribution in [3.63, 3.8) is 0 Å². The fourth-order valence-electron chi connectivity index (χ4n) is 3.78. The third kappa shape index (κ3) is 2.86. The molecule has 25 heavy (non-hydrogen) atoms. The molecule has 0 saturated carbocycles. The van der Waals surface area contributed by atoms with E-state index in [-0.39, 0.29) is 5.82 Å². The molecule has 4 heterocycles. The fourth-order valence-corrected chi connectivity index (χ4v) is 3.78. The number of rotatable bonds is 4. The maximum atomic E-state index is 14.5. The topological polar surface area (TPSA) is 57.7 Å². The highest BCUT2D eigenvalue weighted by atomic mass is 19.1. The number of hydrogen-bond acceptors (Lipinski definition) is 4. The van der Waals surface area contributed by atoms with Crippen molar-refractivity contribution in [3.05, 3.63) is 36.3 Å². The highest BCUT2D eigenvalue weighted by Crippen LogP contribution is 2.32. The average Bonchev–Trinajstić information content (AvgIpc) is 3.20. The van der Waals surface area contributed by atoms with Gasteiger partial charge in [0.2, 0.25) is 0 Å². The monoisotopic (exact) mass is 339 g/mol. The Morgan fingerprint density at radius 2 is 2.16 bits per heavy atom. The Labute approximate surface area is 146 Å². The molecule has 0 amide bonds. The van der Waals surface area contributed by atoms with Crippen molar-refractivity contribution >= 4 is 16.9 Å². The molecule has 1 fully saturated rings. The molecular weight excluding hydrogens is 317 g/mol. The maximum Gasteiger partial charge on any atom is 0.181 e. The van der Waals surface area contributed by atoms with Crippen LogP contribution in [-0.4, -0.2) is 33.3 Å². The van der Waals surface area contributed by atoms with Crippen molar-refractivity contribution in [2.24, 2.45) is 11.8 Å². The van der Waals surface area contributed by atoms with Gasteiger partial charge in [-0.3, -0.25) is 5.10 Å². The summed E-state index contributed by atoms with van der Waals surface area (Å²) in [5.41, 5.74) is 1.46. The maximum absolute atomic E-state index is 14.5. The number of fused-ring (bicyclic) bond motifs is 1. The SMILES string of the molecule is CCC[C@@H]1CN(c2ccc(F)c(-c3[nH]nc4ncccc34)n2)C[C@@H]1C. The van der Waals surface area contributed by atoms with Gasteiger partial charge in [-0.15, -0.1) is 0 Å². The fraction of sp³-hybridized carbons (Fsp3) is 0.421. The first kappa shape index (κ1) is 16.0. The molecule has 0 radical (unpaired) electrons. The molecule has 6 heteroatoms. The van der Waals surface area contributed by atoms with Crippen molar-refractivity contribution < 1.29 is 4.39 Å². The number of halogens is 1. The van der Waals surface area contributed by atoms with Gasteiger partial charge < -0.3 is 4.90 Å². The largest absolute Gasteiger partial charge is 0.356 e. The summed E-state index contributed by atoms with van der Waals surface area (Å²) in [5, 5.41) is 7.83. The van der Waals surface area contributed by atoms with Gasteiger partial charge in [-0.05, 0) is 42.5 Å². The van der Waals surface area contributed by atoms with Crippen molar-refractivity contribution in [3.8, 4) is 11.4 Å². The van der Waals surface area contributed by atoms with Gasteiger partial charge in [0.25, 0.3) is 0 Å². The second-order valence-electron chi connectivity index (χ2n) is 6.90. The van der Waals surface area contributed by atoms with Gasteiger partial charge in [-0.2, -0.15) is 5.10 Å². The number of aromatic nitrogens is 4. The van der Waals surface area contributed by atoms with Gasteiger partial charge in [-0.25, -0.2) is 14.4 Å². The minimum absolute atomic E-state index is 0.305. The molecule has 3 aromatic heterocycles. The standard InChI is InChI=1S/C19H22FN5/c1-3-5-13-11-25(10-12(13)2)16-8-7-15(20)18(22-16)17-14-6-4-9-21-19(14)24-23-17/h4,6-9,12-13H,3,5,10-11H2,1-2H3,(H,21,23,24)/t12-,13+/m0/s1. The van der Waals surface area contributed by atoms with E-state index in [2.05, 4.69) is 38.9 Å². The van der Waals surface area contributed by atoms with Crippen LogP contribution in [-0.2, 0) is 0 Å². The quantitative estimate of drug-likeness (QED) is 0.779. The Bertz CT molecular complexity index is 890. The molecule has 0 bridgehead atoms. The Morgan fingerprint density at radius 1 is 1.28 bits per heavy atom. The lowest BCUT2D eigenvalue weighted by Gasteiger charge is -2.18. The molecule has 2 atom stereocenters. The summed E-state index contributed by atoms with van der Waals surface area (Å²) in [4.78, 5) is 11.1. The number of nitrogens with zero attached hydrogens (tertiary/aromatic N) is 4. The molecule has 0 unspecified atom stereocenters. The van der Waals surface area contributed by atoms with Gasteiger partial charge in [0.15, 0.2) is 11.5 Å². The van der Waals surface area contributed by atoms with Crippen LogP contribution in [0.15, 0.2) is 30.5 Å². The number of H-pyrrole nitrogens is 1. The van der Waals surface area contributed by atoms with Crippen LogP contribution in [0.1, 0.15) is 26.7 Å². The minimum atomic E-state index is -0.351. The van der Waals surface area contributed by atoms with Crippen LogP contribution in [0.3, 0.4) is 0 Å². The van der Waals surface area contributed by atoms with Crippen molar-refractivity contribution in [1.29, 1.82) is 0 Å². The lowest BCUT2D eigenvalue weighted by atomic mass is 9.94. The summed E-state index contributed by atoms with van der Waals surface area (Å²) in [5.74, 6) is 1.79. The summed E-state index contributed by atoms with van der Waals surface area (Å²) < 4.78 is 14.5. The van der Waals surface area contributed by atoms with Crippen LogP contribution in [0.2, 0.25) is 0 Å². The van der Waals surface area contributed by atoms with E-state index in [9.17, 15) is 4.39 Å². The summed E-state index contributed by atoms with van der Waals surface area (Å²) >= 11 is 0. The van der Waals surface area contributed by atoms with Gasteiger partial charge >= 0.3 is 0 Å². The van der Waals surface area contributed by atoms with Gasteiger partial charge in [0.05, 0.1) is 5.69 Å². The molecular formula is C19H22FN5. The van der Waals surface area contributed by atoms with Crippen molar-refractivity contribution in [2.75, 3.05) is 18.0 Å². The molecule has 0 spiro atoms. The van der Waals surface area contributed by atoms with Crippen LogP contribution in [0.25, 0.3) is 22.4 Å². The lowest BCUT2D eigenvalue weighted by molar-refractivity contribution is 0.418. The number of anilines is 1. The molecule has 130 valence electrons. The van der Waals surface area contributed by atoms with Gasteiger partial charge in [0.1, 0.15) is 11.5 Å². The van der Waals surface area contributed by atoms with E-state index in [4.69, 9.17) is 0 Å². The van der Waals surface area contributed by atoms with Crippen LogP contribution >= 0.6 is 0 Å². The van der Waals surface area contributed by atoms with Crippen LogP contribution < -0.4 is 4.90 Å². The minimum Gasteiger partial charge on any atom is -0.356 e. The van der Waals surface area contributed by atoms with Crippen LogP contribution in [0, 0.1) is 17.7 Å². The summed E-state index contributed by atoms with van der Waals surface area (Å²) in [6, 6.07) is 6.97. The normalized spacial score (nSPS) is 20.5. The number of hydrogen-bond donors (Lipinski definition) is 1. The second kappa shape index (κ2) is 6.43. The Kier molecular flexibility index (Phi) is 4.11. The molecule has 0 aliphatic carbocycles. The summed E-state index contributed by atoms with van der Waals surface area (Å²) in [7, 11) is 0. The van der Waals surface area contributed by atoms with Gasteiger partial charge in [0, 0.05) is 24.7 Å². The smallest absolute Gasteiger partial charge is 0.181 e. The lowest BCUT2D eigenvalue weighted by Crippen LogP contribution is -2.21. The van der Waals surface area contributed by atoms with E-state index in [1.165, 1.54) is 18.9 Å². The predicted molar refractivity (Wildman–Crippen MR) is 96.9 cm³/mol. The third-order valence-electron chi connectivity index (χ3n) is 5.15. The highest BCUT2D eigenvalue weighted by molar-refractivity contribution is 5.89. The van der Waals surface area contributed by atoms with Crippen molar-refractivity contribution in [2.45, 2.75) is 26.7 Å². The van der Waals surface area contributed by atoms with Crippen LogP contribution in [0.5, 0.6) is 0 Å². The predicted octanol–water partition coefficient (Wildman–Crippen LogP) is 4.03. The summed E-state index contributed by atoms with van der Waals surface area (Å²) in [6.07, 6.45) is 4.09. The van der Waals surface area contributed by atoms with Gasteiger partial charge in [-0.1, -0.05) is 20.3 Å². The van der Waals surface area contributed by atoms with E-state index in [1.807, 2.05) is 12.1 Å². The molecule has 0 aromatic carbocycles. The summed E-state index contributed by atoms with van der Waals surface area (Å²) in [6.45, 7) is 6.46. The van der Waals surface area contributed by atoms with E-state index in [1.54, 1.807) is 12.3 Å². The van der Waals surface area contributed by atoms with E-state index in [0.717, 1.165) is 24.3 Å². The number of aromatic amines is 1.